The minimum Gasteiger partial charge on any atom is -0.496 e. The number of rotatable bonds is 7. The minimum absolute atomic E-state index is 0.178. The summed E-state index contributed by atoms with van der Waals surface area (Å²) < 4.78 is 5.31. The standard InChI is InChI=1S/C26H35N3O3/c1-32-24-11-4-3-10-23(24)25(30)28-21-8-7-9-22(18-21)29-16-12-20(13-17-29)27-19-26(31)14-5-2-6-15-26/h3-4,7-11,18,20,27,31H,2,5-6,12-17,19H2,1H3,(H,28,30). The third-order valence-electron chi connectivity index (χ3n) is 6.82. The molecule has 1 aliphatic heterocycles. The smallest absolute Gasteiger partial charge is 0.259 e. The maximum atomic E-state index is 12.7. The molecule has 0 radical (unpaired) electrons. The van der Waals surface area contributed by atoms with Crippen molar-refractivity contribution in [3.8, 4) is 5.75 Å². The largest absolute Gasteiger partial charge is 0.496 e. The molecule has 1 aliphatic carbocycles. The summed E-state index contributed by atoms with van der Waals surface area (Å²) in [4.78, 5) is 15.1. The topological polar surface area (TPSA) is 73.8 Å². The molecule has 0 spiro atoms. The minimum atomic E-state index is -0.511. The van der Waals surface area contributed by atoms with Crippen LogP contribution in [0.1, 0.15) is 55.3 Å². The van der Waals surface area contributed by atoms with E-state index >= 15 is 0 Å². The first kappa shape index (κ1) is 22.6. The molecule has 2 aromatic rings. The van der Waals surface area contributed by atoms with E-state index < -0.39 is 5.60 Å². The number of carbonyl (C=O) groups is 1. The fourth-order valence-electron chi connectivity index (χ4n) is 4.87. The fourth-order valence-corrected chi connectivity index (χ4v) is 4.87. The summed E-state index contributed by atoms with van der Waals surface area (Å²) in [5, 5.41) is 17.4. The molecule has 0 aromatic heterocycles. The molecule has 0 atom stereocenters. The first-order valence-electron chi connectivity index (χ1n) is 11.8. The van der Waals surface area contributed by atoms with Gasteiger partial charge in [-0.1, -0.05) is 37.5 Å². The van der Waals surface area contributed by atoms with E-state index in [-0.39, 0.29) is 5.91 Å². The molecule has 2 aromatic carbocycles. The molecule has 4 rings (SSSR count). The van der Waals surface area contributed by atoms with Gasteiger partial charge in [0, 0.05) is 37.1 Å². The predicted octanol–water partition coefficient (Wildman–Crippen LogP) is 4.20. The van der Waals surface area contributed by atoms with Gasteiger partial charge < -0.3 is 25.4 Å². The molecule has 1 saturated carbocycles. The van der Waals surface area contributed by atoms with Gasteiger partial charge in [0.05, 0.1) is 18.3 Å². The summed E-state index contributed by atoms with van der Waals surface area (Å²) in [6, 6.07) is 15.7. The lowest BCUT2D eigenvalue weighted by atomic mass is 9.84. The van der Waals surface area contributed by atoms with Gasteiger partial charge in [0.1, 0.15) is 5.75 Å². The molecule has 1 heterocycles. The number of carbonyl (C=O) groups excluding carboxylic acids is 1. The maximum Gasteiger partial charge on any atom is 0.259 e. The Morgan fingerprint density at radius 2 is 1.84 bits per heavy atom. The number of methoxy groups -OCH3 is 1. The molecule has 1 amide bonds. The van der Waals surface area contributed by atoms with E-state index in [1.165, 1.54) is 6.42 Å². The van der Waals surface area contributed by atoms with E-state index in [1.807, 2.05) is 30.3 Å². The van der Waals surface area contributed by atoms with Gasteiger partial charge in [-0.3, -0.25) is 4.79 Å². The highest BCUT2D eigenvalue weighted by Gasteiger charge is 2.30. The summed E-state index contributed by atoms with van der Waals surface area (Å²) in [6.07, 6.45) is 7.47. The average Bonchev–Trinajstić information content (AvgIpc) is 2.84. The monoisotopic (exact) mass is 437 g/mol. The van der Waals surface area contributed by atoms with Gasteiger partial charge in [-0.25, -0.2) is 0 Å². The van der Waals surface area contributed by atoms with Crippen molar-refractivity contribution in [1.82, 2.24) is 5.32 Å². The molecule has 172 valence electrons. The Kier molecular flexibility index (Phi) is 7.33. The average molecular weight is 438 g/mol. The van der Waals surface area contributed by atoms with E-state index in [0.29, 0.717) is 23.9 Å². The van der Waals surface area contributed by atoms with Crippen LogP contribution in [0.15, 0.2) is 48.5 Å². The number of ether oxygens (including phenoxy) is 1. The number of aliphatic hydroxyl groups is 1. The second-order valence-corrected chi connectivity index (χ2v) is 9.13. The quantitative estimate of drug-likeness (QED) is 0.605. The lowest BCUT2D eigenvalue weighted by molar-refractivity contribution is 0.00204. The van der Waals surface area contributed by atoms with Crippen molar-refractivity contribution in [2.75, 3.05) is 37.0 Å². The van der Waals surface area contributed by atoms with Crippen LogP contribution in [0, 0.1) is 0 Å². The Balaban J connectivity index is 1.31. The molecule has 2 aliphatic rings. The van der Waals surface area contributed by atoms with E-state index in [4.69, 9.17) is 4.74 Å². The first-order chi connectivity index (χ1) is 15.6. The number of benzene rings is 2. The van der Waals surface area contributed by atoms with E-state index in [0.717, 1.165) is 63.0 Å². The molecule has 32 heavy (non-hydrogen) atoms. The van der Waals surface area contributed by atoms with Crippen molar-refractivity contribution < 1.29 is 14.6 Å². The highest BCUT2D eigenvalue weighted by Crippen LogP contribution is 2.28. The van der Waals surface area contributed by atoms with Crippen molar-refractivity contribution in [2.24, 2.45) is 0 Å². The molecule has 6 nitrogen and oxygen atoms in total. The van der Waals surface area contributed by atoms with Gasteiger partial charge in [0.25, 0.3) is 5.91 Å². The second kappa shape index (κ2) is 10.4. The Bertz CT molecular complexity index is 903. The van der Waals surface area contributed by atoms with Crippen molar-refractivity contribution >= 4 is 17.3 Å². The molecule has 6 heteroatoms. The molecule has 3 N–H and O–H groups in total. The predicted molar refractivity (Wildman–Crippen MR) is 129 cm³/mol. The number of piperidine rings is 1. The van der Waals surface area contributed by atoms with Crippen molar-refractivity contribution in [3.63, 3.8) is 0 Å². The van der Waals surface area contributed by atoms with Gasteiger partial charge in [0.15, 0.2) is 0 Å². The number of hydrogen-bond acceptors (Lipinski definition) is 5. The zero-order valence-corrected chi connectivity index (χ0v) is 19.0. The molecular formula is C26H35N3O3. The Labute approximate surface area is 191 Å². The SMILES string of the molecule is COc1ccccc1C(=O)Nc1cccc(N2CCC(NCC3(O)CCCCC3)CC2)c1. The molecule has 0 unspecified atom stereocenters. The van der Waals surface area contributed by atoms with Gasteiger partial charge in [0.2, 0.25) is 0 Å². The normalized spacial score (nSPS) is 18.9. The van der Waals surface area contributed by atoms with Crippen LogP contribution in [0.3, 0.4) is 0 Å². The number of nitrogens with zero attached hydrogens (tertiary/aromatic N) is 1. The summed E-state index contributed by atoms with van der Waals surface area (Å²) in [6.45, 7) is 2.63. The molecular weight excluding hydrogens is 402 g/mol. The Morgan fingerprint density at radius 3 is 2.59 bits per heavy atom. The van der Waals surface area contributed by atoms with Crippen LogP contribution in [0.4, 0.5) is 11.4 Å². The van der Waals surface area contributed by atoms with Crippen LogP contribution in [-0.4, -0.2) is 49.4 Å². The van der Waals surface area contributed by atoms with Gasteiger partial charge >= 0.3 is 0 Å². The van der Waals surface area contributed by atoms with E-state index in [2.05, 4.69) is 21.6 Å². The number of anilines is 2. The summed E-state index contributed by atoms with van der Waals surface area (Å²) >= 11 is 0. The van der Waals surface area contributed by atoms with E-state index in [1.54, 1.807) is 19.2 Å². The van der Waals surface area contributed by atoms with Crippen LogP contribution < -0.4 is 20.3 Å². The fraction of sp³-hybridized carbons (Fsp3) is 0.500. The highest BCUT2D eigenvalue weighted by molar-refractivity contribution is 6.06. The maximum absolute atomic E-state index is 12.7. The van der Waals surface area contributed by atoms with Gasteiger partial charge in [-0.2, -0.15) is 0 Å². The van der Waals surface area contributed by atoms with Crippen molar-refractivity contribution in [2.45, 2.75) is 56.6 Å². The summed E-state index contributed by atoms with van der Waals surface area (Å²) in [5.74, 6) is 0.386. The lowest BCUT2D eigenvalue weighted by Crippen LogP contribution is -2.49. The van der Waals surface area contributed by atoms with Crippen LogP contribution in [-0.2, 0) is 0 Å². The van der Waals surface area contributed by atoms with Gasteiger partial charge in [-0.05, 0) is 56.0 Å². The zero-order chi connectivity index (χ0) is 22.4. The summed E-state index contributed by atoms with van der Waals surface area (Å²) in [7, 11) is 1.57. The molecule has 0 bridgehead atoms. The van der Waals surface area contributed by atoms with Crippen LogP contribution >= 0.6 is 0 Å². The number of amides is 1. The number of nitrogens with one attached hydrogen (secondary N) is 2. The molecule has 2 fully saturated rings. The van der Waals surface area contributed by atoms with Crippen molar-refractivity contribution in [1.29, 1.82) is 0 Å². The Morgan fingerprint density at radius 1 is 1.09 bits per heavy atom. The second-order valence-electron chi connectivity index (χ2n) is 9.13. The zero-order valence-electron chi connectivity index (χ0n) is 19.0. The van der Waals surface area contributed by atoms with Crippen molar-refractivity contribution in [3.05, 3.63) is 54.1 Å². The number of para-hydroxylation sites is 1. The molecule has 1 saturated heterocycles. The Hall–Kier alpha value is -2.57. The van der Waals surface area contributed by atoms with Crippen LogP contribution in [0.5, 0.6) is 5.75 Å². The highest BCUT2D eigenvalue weighted by atomic mass is 16.5. The van der Waals surface area contributed by atoms with Crippen LogP contribution in [0.25, 0.3) is 0 Å². The first-order valence-corrected chi connectivity index (χ1v) is 11.8. The van der Waals surface area contributed by atoms with E-state index in [9.17, 15) is 9.90 Å². The third kappa shape index (κ3) is 5.61. The third-order valence-corrected chi connectivity index (χ3v) is 6.82. The lowest BCUT2D eigenvalue weighted by Gasteiger charge is -2.37. The number of hydrogen-bond donors (Lipinski definition) is 3. The summed E-state index contributed by atoms with van der Waals surface area (Å²) in [5.41, 5.74) is 1.90. The van der Waals surface area contributed by atoms with Crippen LogP contribution in [0.2, 0.25) is 0 Å². The van der Waals surface area contributed by atoms with Gasteiger partial charge in [-0.15, -0.1) is 0 Å².